The second-order valence-electron chi connectivity index (χ2n) is 5.73. The van der Waals surface area contributed by atoms with Crippen LogP contribution in [-0.4, -0.2) is 10.2 Å². The molecule has 90 valence electrons. The molecule has 0 aliphatic heterocycles. The van der Waals surface area contributed by atoms with E-state index in [9.17, 15) is 0 Å². The molecular weight excluding hydrogens is 198 g/mol. The van der Waals surface area contributed by atoms with E-state index >= 15 is 0 Å². The summed E-state index contributed by atoms with van der Waals surface area (Å²) < 4.78 is 0. The lowest BCUT2D eigenvalue weighted by atomic mass is 9.87. The van der Waals surface area contributed by atoms with E-state index in [1.807, 2.05) is 13.8 Å². The van der Waals surface area contributed by atoms with Crippen LogP contribution in [0, 0.1) is 19.3 Å². The first-order chi connectivity index (χ1) is 7.29. The summed E-state index contributed by atoms with van der Waals surface area (Å²) in [5.41, 5.74) is 9.56. The summed E-state index contributed by atoms with van der Waals surface area (Å²) in [7, 11) is 0. The molecule has 0 spiro atoms. The van der Waals surface area contributed by atoms with E-state index in [1.165, 1.54) is 0 Å². The number of aromatic nitrogens is 2. The molecule has 0 amide bonds. The standard InChI is InChI=1S/C13H23N3/c1-9-8-11(10(2)16-15-9)12(14)6-7-13(3,4)5/h8,12H,6-7,14H2,1-5H3. The second kappa shape index (κ2) is 4.91. The largest absolute Gasteiger partial charge is 0.324 e. The zero-order valence-corrected chi connectivity index (χ0v) is 11.0. The fourth-order valence-corrected chi connectivity index (χ4v) is 1.69. The maximum Gasteiger partial charge on any atom is 0.0648 e. The van der Waals surface area contributed by atoms with E-state index < -0.39 is 0 Å². The third kappa shape index (κ3) is 3.89. The minimum atomic E-state index is 0.0772. The molecule has 0 radical (unpaired) electrons. The summed E-state index contributed by atoms with van der Waals surface area (Å²) >= 11 is 0. The maximum atomic E-state index is 6.20. The molecule has 0 bridgehead atoms. The van der Waals surface area contributed by atoms with Crippen molar-refractivity contribution >= 4 is 0 Å². The summed E-state index contributed by atoms with van der Waals surface area (Å²) in [6.45, 7) is 10.6. The van der Waals surface area contributed by atoms with E-state index in [1.54, 1.807) is 0 Å². The molecular formula is C13H23N3. The Balaban J connectivity index is 2.73. The zero-order chi connectivity index (χ0) is 12.3. The molecule has 0 aliphatic rings. The van der Waals surface area contributed by atoms with Gasteiger partial charge in [-0.3, -0.25) is 0 Å². The Morgan fingerprint density at radius 1 is 1.25 bits per heavy atom. The number of hydrogen-bond donors (Lipinski definition) is 1. The fraction of sp³-hybridized carbons (Fsp3) is 0.692. The first-order valence-corrected chi connectivity index (χ1v) is 5.86. The third-order valence-corrected chi connectivity index (χ3v) is 2.74. The van der Waals surface area contributed by atoms with Crippen molar-refractivity contribution in [3.63, 3.8) is 0 Å². The molecule has 0 fully saturated rings. The van der Waals surface area contributed by atoms with Crippen LogP contribution < -0.4 is 5.73 Å². The van der Waals surface area contributed by atoms with Crippen molar-refractivity contribution in [2.75, 3.05) is 0 Å². The van der Waals surface area contributed by atoms with Crippen molar-refractivity contribution < 1.29 is 0 Å². The molecule has 1 heterocycles. The fourth-order valence-electron chi connectivity index (χ4n) is 1.69. The van der Waals surface area contributed by atoms with Gasteiger partial charge < -0.3 is 5.73 Å². The SMILES string of the molecule is Cc1cc(C(N)CCC(C)(C)C)c(C)nn1. The first kappa shape index (κ1) is 13.1. The molecule has 0 saturated carbocycles. The summed E-state index contributed by atoms with van der Waals surface area (Å²) in [6.07, 6.45) is 2.12. The van der Waals surface area contributed by atoms with Gasteiger partial charge in [0.25, 0.3) is 0 Å². The lowest BCUT2D eigenvalue weighted by Gasteiger charge is -2.21. The topological polar surface area (TPSA) is 51.8 Å². The van der Waals surface area contributed by atoms with Crippen LogP contribution in [-0.2, 0) is 0 Å². The van der Waals surface area contributed by atoms with Gasteiger partial charge in [0.05, 0.1) is 11.4 Å². The summed E-state index contributed by atoms with van der Waals surface area (Å²) in [5.74, 6) is 0. The van der Waals surface area contributed by atoms with Crippen molar-refractivity contribution in [3.05, 3.63) is 23.0 Å². The van der Waals surface area contributed by atoms with Crippen LogP contribution in [0.15, 0.2) is 6.07 Å². The van der Waals surface area contributed by atoms with Gasteiger partial charge in [0.1, 0.15) is 0 Å². The van der Waals surface area contributed by atoms with Gasteiger partial charge in [-0.05, 0) is 43.7 Å². The first-order valence-electron chi connectivity index (χ1n) is 5.86. The van der Waals surface area contributed by atoms with Crippen LogP contribution in [0.5, 0.6) is 0 Å². The van der Waals surface area contributed by atoms with Gasteiger partial charge in [-0.15, -0.1) is 0 Å². The molecule has 1 aromatic heterocycles. The van der Waals surface area contributed by atoms with Crippen molar-refractivity contribution in [3.8, 4) is 0 Å². The summed E-state index contributed by atoms with van der Waals surface area (Å²) in [5, 5.41) is 8.14. The number of nitrogens with two attached hydrogens (primary N) is 1. The van der Waals surface area contributed by atoms with Gasteiger partial charge in [0, 0.05) is 6.04 Å². The predicted molar refractivity (Wildman–Crippen MR) is 67.1 cm³/mol. The molecule has 0 aromatic carbocycles. The number of nitrogens with zero attached hydrogens (tertiary/aromatic N) is 2. The molecule has 16 heavy (non-hydrogen) atoms. The van der Waals surface area contributed by atoms with Crippen molar-refractivity contribution in [2.45, 2.75) is 53.5 Å². The van der Waals surface area contributed by atoms with Crippen LogP contribution in [0.1, 0.15) is 56.6 Å². The van der Waals surface area contributed by atoms with Gasteiger partial charge >= 0.3 is 0 Å². The Labute approximate surface area is 98.5 Å². The van der Waals surface area contributed by atoms with E-state index in [4.69, 9.17) is 5.73 Å². The molecule has 0 aliphatic carbocycles. The van der Waals surface area contributed by atoms with E-state index in [-0.39, 0.29) is 6.04 Å². The van der Waals surface area contributed by atoms with Crippen molar-refractivity contribution in [1.29, 1.82) is 0 Å². The number of rotatable bonds is 3. The molecule has 2 N–H and O–H groups in total. The van der Waals surface area contributed by atoms with Gasteiger partial charge in [0.15, 0.2) is 0 Å². The minimum Gasteiger partial charge on any atom is -0.324 e. The third-order valence-electron chi connectivity index (χ3n) is 2.74. The van der Waals surface area contributed by atoms with Crippen LogP contribution in [0.3, 0.4) is 0 Å². The highest BCUT2D eigenvalue weighted by molar-refractivity contribution is 5.23. The van der Waals surface area contributed by atoms with Gasteiger partial charge in [-0.25, -0.2) is 0 Å². The predicted octanol–water partition coefficient (Wildman–Crippen LogP) is 2.92. The van der Waals surface area contributed by atoms with Gasteiger partial charge in [-0.1, -0.05) is 20.8 Å². The van der Waals surface area contributed by atoms with Crippen molar-refractivity contribution in [2.24, 2.45) is 11.1 Å². The number of hydrogen-bond acceptors (Lipinski definition) is 3. The van der Waals surface area contributed by atoms with Crippen LogP contribution in [0.4, 0.5) is 0 Å². The van der Waals surface area contributed by atoms with Crippen LogP contribution in [0.2, 0.25) is 0 Å². The molecule has 3 heteroatoms. The average Bonchev–Trinajstić information content (AvgIpc) is 2.17. The summed E-state index contributed by atoms with van der Waals surface area (Å²) in [6, 6.07) is 2.13. The quantitative estimate of drug-likeness (QED) is 0.853. The Morgan fingerprint density at radius 2 is 1.88 bits per heavy atom. The Morgan fingerprint density at radius 3 is 2.44 bits per heavy atom. The molecule has 1 rings (SSSR count). The van der Waals surface area contributed by atoms with Gasteiger partial charge in [0.2, 0.25) is 0 Å². The van der Waals surface area contributed by atoms with E-state index in [0.717, 1.165) is 29.8 Å². The average molecular weight is 221 g/mol. The van der Waals surface area contributed by atoms with Crippen molar-refractivity contribution in [1.82, 2.24) is 10.2 Å². The normalized spacial score (nSPS) is 13.9. The molecule has 1 aromatic rings. The van der Waals surface area contributed by atoms with Gasteiger partial charge in [-0.2, -0.15) is 10.2 Å². The highest BCUT2D eigenvalue weighted by atomic mass is 15.1. The highest BCUT2D eigenvalue weighted by Crippen LogP contribution is 2.26. The van der Waals surface area contributed by atoms with E-state index in [2.05, 4.69) is 37.0 Å². The lowest BCUT2D eigenvalue weighted by molar-refractivity contribution is 0.349. The lowest BCUT2D eigenvalue weighted by Crippen LogP contribution is -2.16. The Hall–Kier alpha value is -0.960. The highest BCUT2D eigenvalue weighted by Gasteiger charge is 2.16. The zero-order valence-electron chi connectivity index (χ0n) is 11.0. The molecule has 0 saturated heterocycles. The molecule has 1 atom stereocenters. The summed E-state index contributed by atoms with van der Waals surface area (Å²) in [4.78, 5) is 0. The molecule has 3 nitrogen and oxygen atoms in total. The smallest absolute Gasteiger partial charge is 0.0648 e. The number of aryl methyl sites for hydroxylation is 2. The van der Waals surface area contributed by atoms with Crippen LogP contribution >= 0.6 is 0 Å². The Bertz CT molecular complexity index is 353. The monoisotopic (exact) mass is 221 g/mol. The second-order valence-corrected chi connectivity index (χ2v) is 5.73. The maximum absolute atomic E-state index is 6.20. The van der Waals surface area contributed by atoms with Crippen LogP contribution in [0.25, 0.3) is 0 Å². The molecule has 1 unspecified atom stereocenters. The minimum absolute atomic E-state index is 0.0772. The van der Waals surface area contributed by atoms with E-state index in [0.29, 0.717) is 5.41 Å². The Kier molecular flexibility index (Phi) is 4.03.